The van der Waals surface area contributed by atoms with Crippen LogP contribution in [0.1, 0.15) is 17.0 Å². The SMILES string of the molecule is OCCOc1ccc(C#Cc2ccc(OCc3ccccc3)nn2)nc1. The molecule has 0 unspecified atom stereocenters. The zero-order valence-electron chi connectivity index (χ0n) is 14.0. The standard InChI is InChI=1S/C20H17N3O3/c24-12-13-25-19-10-8-17(21-14-19)6-7-18-9-11-20(23-22-18)26-15-16-4-2-1-3-5-16/h1-5,8-11,14,24H,12-13,15H2. The predicted molar refractivity (Wildman–Crippen MR) is 95.6 cm³/mol. The summed E-state index contributed by atoms with van der Waals surface area (Å²) in [6.45, 7) is 0.640. The van der Waals surface area contributed by atoms with E-state index in [-0.39, 0.29) is 13.2 Å². The third-order valence-corrected chi connectivity index (χ3v) is 3.28. The number of aliphatic hydroxyl groups excluding tert-OH is 1. The zero-order valence-corrected chi connectivity index (χ0v) is 14.0. The second-order valence-electron chi connectivity index (χ2n) is 5.23. The predicted octanol–water partition coefficient (Wildman–Crippen LogP) is 2.22. The summed E-state index contributed by atoms with van der Waals surface area (Å²) >= 11 is 0. The largest absolute Gasteiger partial charge is 0.490 e. The van der Waals surface area contributed by atoms with Crippen molar-refractivity contribution in [1.82, 2.24) is 15.2 Å². The summed E-state index contributed by atoms with van der Waals surface area (Å²) in [6, 6.07) is 16.8. The van der Waals surface area contributed by atoms with E-state index in [0.29, 0.717) is 29.6 Å². The molecule has 0 saturated carbocycles. The number of nitrogens with zero attached hydrogens (tertiary/aromatic N) is 3. The molecule has 130 valence electrons. The van der Waals surface area contributed by atoms with Crippen LogP contribution in [-0.2, 0) is 6.61 Å². The van der Waals surface area contributed by atoms with Crippen molar-refractivity contribution in [2.24, 2.45) is 0 Å². The van der Waals surface area contributed by atoms with Gasteiger partial charge in [0.1, 0.15) is 30.4 Å². The Morgan fingerprint density at radius 3 is 2.35 bits per heavy atom. The number of aliphatic hydroxyl groups is 1. The number of aromatic nitrogens is 3. The van der Waals surface area contributed by atoms with Gasteiger partial charge in [0.05, 0.1) is 12.8 Å². The van der Waals surface area contributed by atoms with Gasteiger partial charge in [-0.05, 0) is 35.6 Å². The van der Waals surface area contributed by atoms with E-state index in [2.05, 4.69) is 27.0 Å². The molecule has 0 radical (unpaired) electrons. The first-order chi connectivity index (χ1) is 12.8. The van der Waals surface area contributed by atoms with E-state index < -0.39 is 0 Å². The molecule has 6 heteroatoms. The summed E-state index contributed by atoms with van der Waals surface area (Å²) in [5.74, 6) is 6.85. The van der Waals surface area contributed by atoms with Gasteiger partial charge in [-0.3, -0.25) is 0 Å². The Morgan fingerprint density at radius 2 is 1.65 bits per heavy atom. The molecule has 0 spiro atoms. The van der Waals surface area contributed by atoms with Crippen LogP contribution in [0.2, 0.25) is 0 Å². The number of pyridine rings is 1. The van der Waals surface area contributed by atoms with Crippen LogP contribution in [0, 0.1) is 11.8 Å². The molecule has 0 amide bonds. The lowest BCUT2D eigenvalue weighted by Gasteiger charge is -2.04. The lowest BCUT2D eigenvalue weighted by molar-refractivity contribution is 0.201. The molecule has 26 heavy (non-hydrogen) atoms. The number of benzene rings is 1. The van der Waals surface area contributed by atoms with Gasteiger partial charge in [-0.1, -0.05) is 30.3 Å². The number of hydrogen-bond donors (Lipinski definition) is 1. The molecule has 3 aromatic rings. The van der Waals surface area contributed by atoms with Crippen molar-refractivity contribution < 1.29 is 14.6 Å². The van der Waals surface area contributed by atoms with Gasteiger partial charge in [0.15, 0.2) is 0 Å². The monoisotopic (exact) mass is 347 g/mol. The minimum atomic E-state index is -0.0364. The quantitative estimate of drug-likeness (QED) is 0.689. The third-order valence-electron chi connectivity index (χ3n) is 3.28. The highest BCUT2D eigenvalue weighted by molar-refractivity contribution is 5.37. The normalized spacial score (nSPS) is 9.88. The second-order valence-corrected chi connectivity index (χ2v) is 5.23. The highest BCUT2D eigenvalue weighted by Gasteiger charge is 1.99. The number of ether oxygens (including phenoxy) is 2. The van der Waals surface area contributed by atoms with Crippen LogP contribution in [-0.4, -0.2) is 33.5 Å². The van der Waals surface area contributed by atoms with E-state index in [1.54, 1.807) is 30.5 Å². The summed E-state index contributed by atoms with van der Waals surface area (Å²) in [5.41, 5.74) is 2.18. The molecular weight excluding hydrogens is 330 g/mol. The molecule has 0 atom stereocenters. The Kier molecular flexibility index (Phi) is 6.13. The first-order valence-corrected chi connectivity index (χ1v) is 8.06. The Morgan fingerprint density at radius 1 is 0.846 bits per heavy atom. The van der Waals surface area contributed by atoms with Crippen molar-refractivity contribution in [2.45, 2.75) is 6.61 Å². The third kappa shape index (κ3) is 5.30. The Balaban J connectivity index is 1.56. The van der Waals surface area contributed by atoms with E-state index in [4.69, 9.17) is 14.6 Å². The fraction of sp³-hybridized carbons (Fsp3) is 0.150. The number of hydrogen-bond acceptors (Lipinski definition) is 6. The highest BCUT2D eigenvalue weighted by Crippen LogP contribution is 2.10. The fourth-order valence-electron chi connectivity index (χ4n) is 2.03. The minimum absolute atomic E-state index is 0.0364. The average molecular weight is 347 g/mol. The smallest absolute Gasteiger partial charge is 0.233 e. The van der Waals surface area contributed by atoms with Crippen LogP contribution in [0.5, 0.6) is 11.6 Å². The summed E-state index contributed by atoms with van der Waals surface area (Å²) in [7, 11) is 0. The van der Waals surface area contributed by atoms with Gasteiger partial charge < -0.3 is 14.6 Å². The Labute approximate surface area is 151 Å². The van der Waals surface area contributed by atoms with Crippen LogP contribution >= 0.6 is 0 Å². The van der Waals surface area contributed by atoms with Crippen molar-refractivity contribution in [3.05, 3.63) is 77.7 Å². The van der Waals surface area contributed by atoms with E-state index >= 15 is 0 Å². The van der Waals surface area contributed by atoms with Crippen molar-refractivity contribution in [1.29, 1.82) is 0 Å². The van der Waals surface area contributed by atoms with Crippen LogP contribution in [0.15, 0.2) is 60.8 Å². The minimum Gasteiger partial charge on any atom is -0.490 e. The fourth-order valence-corrected chi connectivity index (χ4v) is 2.03. The van der Waals surface area contributed by atoms with E-state index in [1.165, 1.54) is 0 Å². The summed E-state index contributed by atoms with van der Waals surface area (Å²) in [5, 5.41) is 16.8. The second kappa shape index (κ2) is 9.16. The molecule has 6 nitrogen and oxygen atoms in total. The molecule has 0 aliphatic heterocycles. The molecule has 0 fully saturated rings. The van der Waals surface area contributed by atoms with Gasteiger partial charge in [0.25, 0.3) is 0 Å². The maximum Gasteiger partial charge on any atom is 0.233 e. The van der Waals surface area contributed by atoms with E-state index in [9.17, 15) is 0 Å². The molecule has 0 saturated heterocycles. The molecule has 2 aromatic heterocycles. The maximum absolute atomic E-state index is 8.71. The van der Waals surface area contributed by atoms with Gasteiger partial charge in [0.2, 0.25) is 5.88 Å². The summed E-state index contributed by atoms with van der Waals surface area (Å²) < 4.78 is 10.8. The van der Waals surface area contributed by atoms with E-state index in [1.807, 2.05) is 30.3 Å². The van der Waals surface area contributed by atoms with Crippen molar-refractivity contribution in [2.75, 3.05) is 13.2 Å². The van der Waals surface area contributed by atoms with Crippen LogP contribution in [0.3, 0.4) is 0 Å². The molecule has 3 rings (SSSR count). The zero-order chi connectivity index (χ0) is 18.0. The van der Waals surface area contributed by atoms with Crippen molar-refractivity contribution in [3.8, 4) is 23.5 Å². The molecule has 0 aliphatic rings. The molecule has 1 aromatic carbocycles. The van der Waals surface area contributed by atoms with Crippen LogP contribution in [0.4, 0.5) is 0 Å². The Hall–Kier alpha value is -3.43. The molecule has 0 aliphatic carbocycles. The van der Waals surface area contributed by atoms with Gasteiger partial charge in [-0.2, -0.15) is 0 Å². The first kappa shape index (κ1) is 17.4. The van der Waals surface area contributed by atoms with Crippen molar-refractivity contribution in [3.63, 3.8) is 0 Å². The summed E-state index contributed by atoms with van der Waals surface area (Å²) in [6.07, 6.45) is 1.56. The lowest BCUT2D eigenvalue weighted by atomic mass is 10.2. The highest BCUT2D eigenvalue weighted by atomic mass is 16.5. The van der Waals surface area contributed by atoms with Gasteiger partial charge >= 0.3 is 0 Å². The Bertz CT molecular complexity index is 870. The first-order valence-electron chi connectivity index (χ1n) is 8.06. The molecule has 1 N–H and O–H groups in total. The topological polar surface area (TPSA) is 77.4 Å². The van der Waals surface area contributed by atoms with E-state index in [0.717, 1.165) is 5.56 Å². The lowest BCUT2D eigenvalue weighted by Crippen LogP contribution is -2.01. The average Bonchev–Trinajstić information content (AvgIpc) is 2.71. The van der Waals surface area contributed by atoms with Gasteiger partial charge in [0, 0.05) is 6.07 Å². The van der Waals surface area contributed by atoms with Crippen LogP contribution in [0.25, 0.3) is 0 Å². The molecular formula is C20H17N3O3. The van der Waals surface area contributed by atoms with Crippen LogP contribution < -0.4 is 9.47 Å². The van der Waals surface area contributed by atoms with Gasteiger partial charge in [-0.25, -0.2) is 4.98 Å². The van der Waals surface area contributed by atoms with Crippen molar-refractivity contribution >= 4 is 0 Å². The summed E-state index contributed by atoms with van der Waals surface area (Å²) in [4.78, 5) is 4.17. The molecule has 2 heterocycles. The number of rotatable bonds is 6. The molecule has 0 bridgehead atoms. The van der Waals surface area contributed by atoms with Gasteiger partial charge in [-0.15, -0.1) is 10.2 Å². The maximum atomic E-state index is 8.71.